The number of carbonyl (C=O) groups is 1. The molecule has 0 bridgehead atoms. The number of nitrogens with zero attached hydrogens (tertiary/aromatic N) is 3. The minimum atomic E-state index is -0.602. The van der Waals surface area contributed by atoms with Gasteiger partial charge < -0.3 is 19.3 Å². The van der Waals surface area contributed by atoms with E-state index >= 15 is 0 Å². The third-order valence-electron chi connectivity index (χ3n) is 5.26. The summed E-state index contributed by atoms with van der Waals surface area (Å²) >= 11 is 0. The van der Waals surface area contributed by atoms with Crippen LogP contribution in [0.3, 0.4) is 0 Å². The van der Waals surface area contributed by atoms with Crippen molar-refractivity contribution in [2.75, 3.05) is 46.5 Å². The molecule has 1 aliphatic rings. The molecule has 1 aromatic carbocycles. The number of methoxy groups -OCH3 is 1. The van der Waals surface area contributed by atoms with Crippen LogP contribution in [0, 0.1) is 6.92 Å². The summed E-state index contributed by atoms with van der Waals surface area (Å²) < 4.78 is 12.9. The Kier molecular flexibility index (Phi) is 7.19. The number of ether oxygens (including phenoxy) is 2. The second-order valence-corrected chi connectivity index (χ2v) is 7.30. The Labute approximate surface area is 166 Å². The van der Waals surface area contributed by atoms with Crippen molar-refractivity contribution in [3.05, 3.63) is 53.3 Å². The molecule has 1 atom stereocenters. The fourth-order valence-corrected chi connectivity index (χ4v) is 3.65. The number of morpholine rings is 1. The first-order valence-electron chi connectivity index (χ1n) is 9.86. The van der Waals surface area contributed by atoms with Gasteiger partial charge in [-0.1, -0.05) is 30.3 Å². The Bertz CT molecular complexity index is 756. The molecule has 0 saturated carbocycles. The number of benzene rings is 1. The van der Waals surface area contributed by atoms with E-state index in [0.717, 1.165) is 49.8 Å². The van der Waals surface area contributed by atoms with Crippen molar-refractivity contribution in [1.29, 1.82) is 0 Å². The molecule has 1 amide bonds. The zero-order valence-electron chi connectivity index (χ0n) is 17.1. The van der Waals surface area contributed by atoms with Crippen LogP contribution in [0.5, 0.6) is 0 Å². The number of carbonyl (C=O) groups excluding carboxylic acids is 1. The van der Waals surface area contributed by atoms with Crippen molar-refractivity contribution in [2.24, 2.45) is 7.05 Å². The second-order valence-electron chi connectivity index (χ2n) is 7.30. The van der Waals surface area contributed by atoms with Gasteiger partial charge in [-0.25, -0.2) is 0 Å². The average molecular weight is 388 g/mol. The molecule has 1 aromatic heterocycles. The standard InChI is InChI=1S/C21H30N4O3/c1-17-15-19(23(2)22-17)16-25(10-9-24-11-13-28-14-12-24)21(26)20(27-3)18-7-5-4-6-8-18/h4-8,15,20H,9-14,16H2,1-3H3/p+1/t20-/m0/s1. The predicted molar refractivity (Wildman–Crippen MR) is 106 cm³/mol. The molecular weight excluding hydrogens is 356 g/mol. The lowest BCUT2D eigenvalue weighted by Crippen LogP contribution is -3.14. The van der Waals surface area contributed by atoms with Gasteiger partial charge in [-0.05, 0) is 18.6 Å². The summed E-state index contributed by atoms with van der Waals surface area (Å²) in [5.41, 5.74) is 2.85. The van der Waals surface area contributed by atoms with E-state index < -0.39 is 6.10 Å². The van der Waals surface area contributed by atoms with Crippen molar-refractivity contribution in [1.82, 2.24) is 14.7 Å². The van der Waals surface area contributed by atoms with Crippen LogP contribution in [0.4, 0.5) is 0 Å². The van der Waals surface area contributed by atoms with Crippen LogP contribution >= 0.6 is 0 Å². The van der Waals surface area contributed by atoms with Gasteiger partial charge in [-0.2, -0.15) is 5.10 Å². The SMILES string of the molecule is CO[C@H](C(=O)N(CC[NH+]1CCOCC1)Cc1cc(C)nn1C)c1ccccc1. The van der Waals surface area contributed by atoms with Crippen LogP contribution in [-0.4, -0.2) is 67.1 Å². The molecule has 1 N–H and O–H groups in total. The third kappa shape index (κ3) is 5.19. The number of hydrogen-bond acceptors (Lipinski definition) is 4. The van der Waals surface area contributed by atoms with E-state index in [1.54, 1.807) is 7.11 Å². The van der Waals surface area contributed by atoms with Crippen LogP contribution < -0.4 is 4.90 Å². The van der Waals surface area contributed by atoms with Gasteiger partial charge in [0.25, 0.3) is 5.91 Å². The molecule has 152 valence electrons. The summed E-state index contributed by atoms with van der Waals surface area (Å²) in [6.45, 7) is 7.60. The minimum absolute atomic E-state index is 0.0137. The van der Waals surface area contributed by atoms with Crippen molar-refractivity contribution >= 4 is 5.91 Å². The molecular formula is C21H31N4O3+. The lowest BCUT2D eigenvalue weighted by Gasteiger charge is -2.30. The highest BCUT2D eigenvalue weighted by molar-refractivity contribution is 5.82. The van der Waals surface area contributed by atoms with E-state index in [1.165, 1.54) is 4.90 Å². The van der Waals surface area contributed by atoms with Crippen LogP contribution in [0.2, 0.25) is 0 Å². The summed E-state index contributed by atoms with van der Waals surface area (Å²) in [4.78, 5) is 16.8. The summed E-state index contributed by atoms with van der Waals surface area (Å²) in [6.07, 6.45) is -0.602. The average Bonchev–Trinajstić information content (AvgIpc) is 3.04. The lowest BCUT2D eigenvalue weighted by molar-refractivity contribution is -0.907. The Hall–Kier alpha value is -2.22. The Balaban J connectivity index is 1.76. The van der Waals surface area contributed by atoms with E-state index in [9.17, 15) is 4.79 Å². The van der Waals surface area contributed by atoms with Crippen LogP contribution in [0.1, 0.15) is 23.1 Å². The monoisotopic (exact) mass is 387 g/mol. The number of rotatable bonds is 8. The van der Waals surface area contributed by atoms with Crippen molar-refractivity contribution in [2.45, 2.75) is 19.6 Å². The van der Waals surface area contributed by atoms with Gasteiger partial charge in [0, 0.05) is 14.2 Å². The highest BCUT2D eigenvalue weighted by atomic mass is 16.5. The van der Waals surface area contributed by atoms with Crippen LogP contribution in [0.15, 0.2) is 36.4 Å². The topological polar surface area (TPSA) is 61.0 Å². The highest BCUT2D eigenvalue weighted by Gasteiger charge is 2.28. The van der Waals surface area contributed by atoms with E-state index in [4.69, 9.17) is 9.47 Å². The molecule has 1 saturated heterocycles. The molecule has 1 fully saturated rings. The third-order valence-corrected chi connectivity index (χ3v) is 5.26. The fraction of sp³-hybridized carbons (Fsp3) is 0.524. The Morgan fingerprint density at radius 3 is 2.64 bits per heavy atom. The van der Waals surface area contributed by atoms with E-state index in [-0.39, 0.29) is 5.91 Å². The van der Waals surface area contributed by atoms with Crippen molar-refractivity contribution in [3.63, 3.8) is 0 Å². The largest absolute Gasteiger partial charge is 0.370 e. The number of aromatic nitrogens is 2. The molecule has 0 spiro atoms. The number of aryl methyl sites for hydroxylation is 2. The summed E-state index contributed by atoms with van der Waals surface area (Å²) in [5, 5.41) is 4.42. The Morgan fingerprint density at radius 1 is 1.32 bits per heavy atom. The van der Waals surface area contributed by atoms with Gasteiger partial charge in [0.2, 0.25) is 0 Å². The van der Waals surface area contributed by atoms with Gasteiger partial charge in [0.15, 0.2) is 6.10 Å². The van der Waals surface area contributed by atoms with Crippen molar-refractivity contribution < 1.29 is 19.2 Å². The van der Waals surface area contributed by atoms with Gasteiger partial charge in [0.1, 0.15) is 13.1 Å². The normalized spacial score (nSPS) is 16.1. The smallest absolute Gasteiger partial charge is 0.256 e. The molecule has 7 nitrogen and oxygen atoms in total. The van der Waals surface area contributed by atoms with Crippen LogP contribution in [0.25, 0.3) is 0 Å². The Morgan fingerprint density at radius 2 is 2.04 bits per heavy atom. The van der Waals surface area contributed by atoms with Gasteiger partial charge in [-0.3, -0.25) is 9.48 Å². The number of amides is 1. The summed E-state index contributed by atoms with van der Waals surface area (Å²) in [7, 11) is 3.51. The zero-order chi connectivity index (χ0) is 19.9. The maximum atomic E-state index is 13.4. The maximum Gasteiger partial charge on any atom is 0.256 e. The molecule has 2 heterocycles. The first-order chi connectivity index (χ1) is 13.6. The number of nitrogens with one attached hydrogen (secondary N) is 1. The molecule has 0 aliphatic carbocycles. The first-order valence-corrected chi connectivity index (χ1v) is 9.86. The molecule has 28 heavy (non-hydrogen) atoms. The predicted octanol–water partition coefficient (Wildman–Crippen LogP) is 0.360. The van der Waals surface area contributed by atoms with E-state index in [1.807, 2.05) is 60.0 Å². The number of hydrogen-bond donors (Lipinski definition) is 1. The molecule has 1 aliphatic heterocycles. The molecule has 7 heteroatoms. The number of quaternary nitrogens is 1. The summed E-state index contributed by atoms with van der Waals surface area (Å²) in [6, 6.07) is 11.7. The second kappa shape index (κ2) is 9.82. The van der Waals surface area contributed by atoms with Gasteiger partial charge >= 0.3 is 0 Å². The van der Waals surface area contributed by atoms with Crippen molar-refractivity contribution in [3.8, 4) is 0 Å². The molecule has 3 rings (SSSR count). The lowest BCUT2D eigenvalue weighted by atomic mass is 10.1. The highest BCUT2D eigenvalue weighted by Crippen LogP contribution is 2.20. The van der Waals surface area contributed by atoms with Gasteiger partial charge in [0.05, 0.1) is 44.2 Å². The summed E-state index contributed by atoms with van der Waals surface area (Å²) in [5.74, 6) is -0.0137. The maximum absolute atomic E-state index is 13.4. The van der Waals surface area contributed by atoms with Crippen LogP contribution in [-0.2, 0) is 27.9 Å². The minimum Gasteiger partial charge on any atom is -0.370 e. The van der Waals surface area contributed by atoms with Gasteiger partial charge in [-0.15, -0.1) is 0 Å². The zero-order valence-corrected chi connectivity index (χ0v) is 17.1. The fourth-order valence-electron chi connectivity index (χ4n) is 3.65. The quantitative estimate of drug-likeness (QED) is 0.711. The molecule has 0 unspecified atom stereocenters. The first kappa shape index (κ1) is 20.5. The van der Waals surface area contributed by atoms with E-state index in [2.05, 4.69) is 5.10 Å². The molecule has 2 aromatic rings. The van der Waals surface area contributed by atoms with E-state index in [0.29, 0.717) is 13.1 Å². The molecule has 0 radical (unpaired) electrons.